The van der Waals surface area contributed by atoms with Crippen molar-refractivity contribution >= 4 is 22.4 Å². The summed E-state index contributed by atoms with van der Waals surface area (Å²) in [7, 11) is 6.33. The molecule has 0 fully saturated rings. The van der Waals surface area contributed by atoms with E-state index >= 15 is 0 Å². The minimum Gasteiger partial charge on any atom is -0.497 e. The molecule has 1 amide bonds. The van der Waals surface area contributed by atoms with Gasteiger partial charge in [-0.3, -0.25) is 4.79 Å². The van der Waals surface area contributed by atoms with Crippen LogP contribution in [-0.2, 0) is 11.2 Å². The molecule has 7 nitrogen and oxygen atoms in total. The number of ether oxygens (including phenoxy) is 4. The van der Waals surface area contributed by atoms with E-state index in [-0.39, 0.29) is 5.91 Å². The zero-order chi connectivity index (χ0) is 22.4. The first kappa shape index (κ1) is 22.4. The van der Waals surface area contributed by atoms with Crippen molar-refractivity contribution < 1.29 is 23.7 Å². The molecule has 1 heterocycles. The van der Waals surface area contributed by atoms with E-state index in [2.05, 4.69) is 10.3 Å². The van der Waals surface area contributed by atoms with Gasteiger partial charge in [-0.1, -0.05) is 0 Å². The molecule has 164 valence electrons. The van der Waals surface area contributed by atoms with Gasteiger partial charge in [-0.05, 0) is 55.3 Å². The first-order valence-electron chi connectivity index (χ1n) is 9.69. The number of hydrogen-bond donors (Lipinski definition) is 1. The maximum Gasteiger partial charge on any atom is 0.226 e. The van der Waals surface area contributed by atoms with Gasteiger partial charge < -0.3 is 24.3 Å². The topological polar surface area (TPSA) is 78.9 Å². The number of carbonyl (C=O) groups excluding carboxylic acids is 1. The van der Waals surface area contributed by atoms with Gasteiger partial charge in [0.05, 0.1) is 34.1 Å². The Morgan fingerprint density at radius 3 is 2.16 bits per heavy atom. The summed E-state index contributed by atoms with van der Waals surface area (Å²) < 4.78 is 21.3. The Morgan fingerprint density at radius 1 is 0.968 bits per heavy atom. The van der Waals surface area contributed by atoms with Gasteiger partial charge in [0.25, 0.3) is 0 Å². The van der Waals surface area contributed by atoms with Crippen LogP contribution in [0, 0.1) is 6.92 Å². The Morgan fingerprint density at radius 2 is 1.61 bits per heavy atom. The third kappa shape index (κ3) is 5.27. The molecule has 1 aromatic heterocycles. The standard InChI is InChI=1S/C23H26N2O5S/c1-14-21(16-7-9-17(27-2)10-8-16)25-23(31-14)24-20(26)11-6-15-12-18(28-3)22(30-5)19(13-15)29-4/h7-10,12-13H,6,11H2,1-5H3,(H,24,25,26). The molecule has 0 radical (unpaired) electrons. The fraction of sp³-hybridized carbons (Fsp3) is 0.304. The maximum absolute atomic E-state index is 12.5. The smallest absolute Gasteiger partial charge is 0.226 e. The SMILES string of the molecule is COc1ccc(-c2nc(NC(=O)CCc3cc(OC)c(OC)c(OC)c3)sc2C)cc1. The van der Waals surface area contributed by atoms with Crippen molar-refractivity contribution in [1.82, 2.24) is 4.98 Å². The molecule has 0 atom stereocenters. The summed E-state index contributed by atoms with van der Waals surface area (Å²) in [5.74, 6) is 2.34. The molecule has 8 heteroatoms. The predicted octanol–water partition coefficient (Wildman–Crippen LogP) is 4.72. The summed E-state index contributed by atoms with van der Waals surface area (Å²) in [6.45, 7) is 1.99. The number of nitrogens with zero attached hydrogens (tertiary/aromatic N) is 1. The first-order chi connectivity index (χ1) is 15.0. The molecular weight excluding hydrogens is 416 g/mol. The van der Waals surface area contributed by atoms with Crippen LogP contribution in [0.4, 0.5) is 5.13 Å². The lowest BCUT2D eigenvalue weighted by Crippen LogP contribution is -2.12. The lowest BCUT2D eigenvalue weighted by atomic mass is 10.1. The number of rotatable bonds is 9. The number of methoxy groups -OCH3 is 4. The zero-order valence-electron chi connectivity index (χ0n) is 18.3. The fourth-order valence-corrected chi connectivity index (χ4v) is 4.04. The lowest BCUT2D eigenvalue weighted by molar-refractivity contribution is -0.116. The largest absolute Gasteiger partial charge is 0.497 e. The summed E-state index contributed by atoms with van der Waals surface area (Å²) in [6, 6.07) is 11.4. The number of thiazole rings is 1. The van der Waals surface area contributed by atoms with Gasteiger partial charge in [0.1, 0.15) is 5.75 Å². The molecule has 0 spiro atoms. The van der Waals surface area contributed by atoms with Crippen LogP contribution in [0.25, 0.3) is 11.3 Å². The van der Waals surface area contributed by atoms with E-state index in [1.54, 1.807) is 28.4 Å². The fourth-order valence-electron chi connectivity index (χ4n) is 3.19. The molecule has 3 rings (SSSR count). The second-order valence-corrected chi connectivity index (χ2v) is 7.94. The number of amides is 1. The van der Waals surface area contributed by atoms with Crippen molar-refractivity contribution in [2.24, 2.45) is 0 Å². The Hall–Kier alpha value is -3.26. The van der Waals surface area contributed by atoms with Gasteiger partial charge in [0.15, 0.2) is 16.6 Å². The van der Waals surface area contributed by atoms with Gasteiger partial charge in [0, 0.05) is 16.9 Å². The summed E-state index contributed by atoms with van der Waals surface area (Å²) in [5.41, 5.74) is 2.75. The molecule has 0 aliphatic carbocycles. The molecule has 1 N–H and O–H groups in total. The highest BCUT2D eigenvalue weighted by Crippen LogP contribution is 2.38. The van der Waals surface area contributed by atoms with Crippen molar-refractivity contribution in [3.05, 3.63) is 46.8 Å². The maximum atomic E-state index is 12.5. The van der Waals surface area contributed by atoms with E-state index in [1.165, 1.54) is 11.3 Å². The van der Waals surface area contributed by atoms with Gasteiger partial charge in [-0.15, -0.1) is 11.3 Å². The monoisotopic (exact) mass is 442 g/mol. The number of benzene rings is 2. The highest BCUT2D eigenvalue weighted by Gasteiger charge is 2.15. The Bertz CT molecular complexity index is 1020. The quantitative estimate of drug-likeness (QED) is 0.516. The van der Waals surface area contributed by atoms with Crippen molar-refractivity contribution in [2.75, 3.05) is 33.8 Å². The van der Waals surface area contributed by atoms with Crippen LogP contribution in [0.5, 0.6) is 23.0 Å². The average Bonchev–Trinajstić information content (AvgIpc) is 3.16. The number of aryl methyl sites for hydroxylation is 2. The third-order valence-corrected chi connectivity index (χ3v) is 5.66. The summed E-state index contributed by atoms with van der Waals surface area (Å²) in [5, 5.41) is 3.48. The normalized spacial score (nSPS) is 10.5. The van der Waals surface area contributed by atoms with Crippen LogP contribution < -0.4 is 24.3 Å². The van der Waals surface area contributed by atoms with Gasteiger partial charge in [-0.2, -0.15) is 0 Å². The average molecular weight is 443 g/mol. The van der Waals surface area contributed by atoms with Crippen molar-refractivity contribution in [3.8, 4) is 34.3 Å². The molecular formula is C23H26N2O5S. The van der Waals surface area contributed by atoms with Crippen LogP contribution in [-0.4, -0.2) is 39.3 Å². The number of nitrogens with one attached hydrogen (secondary N) is 1. The van der Waals surface area contributed by atoms with E-state index in [4.69, 9.17) is 18.9 Å². The number of hydrogen-bond acceptors (Lipinski definition) is 7. The second kappa shape index (κ2) is 10.2. The highest BCUT2D eigenvalue weighted by molar-refractivity contribution is 7.16. The van der Waals surface area contributed by atoms with Gasteiger partial charge in [0.2, 0.25) is 11.7 Å². The Kier molecular flexibility index (Phi) is 7.36. The minimum atomic E-state index is -0.108. The third-order valence-electron chi connectivity index (χ3n) is 4.77. The number of carbonyl (C=O) groups is 1. The molecule has 0 aliphatic rings. The van der Waals surface area contributed by atoms with E-state index < -0.39 is 0 Å². The summed E-state index contributed by atoms with van der Waals surface area (Å²) in [4.78, 5) is 18.1. The molecule has 0 saturated heterocycles. The van der Waals surface area contributed by atoms with E-state index in [0.717, 1.165) is 27.4 Å². The van der Waals surface area contributed by atoms with Crippen LogP contribution in [0.15, 0.2) is 36.4 Å². The first-order valence-corrected chi connectivity index (χ1v) is 10.5. The molecule has 0 bridgehead atoms. The molecule has 3 aromatic rings. The zero-order valence-corrected chi connectivity index (χ0v) is 19.1. The number of anilines is 1. The number of aromatic nitrogens is 1. The second-order valence-electron chi connectivity index (χ2n) is 6.73. The van der Waals surface area contributed by atoms with E-state index in [9.17, 15) is 4.79 Å². The molecule has 0 saturated carbocycles. The summed E-state index contributed by atoms with van der Waals surface area (Å²) >= 11 is 1.46. The molecule has 2 aromatic carbocycles. The van der Waals surface area contributed by atoms with E-state index in [1.807, 2.05) is 43.3 Å². The molecule has 0 unspecified atom stereocenters. The van der Waals surface area contributed by atoms with E-state index in [0.29, 0.717) is 35.2 Å². The summed E-state index contributed by atoms with van der Waals surface area (Å²) in [6.07, 6.45) is 0.827. The van der Waals surface area contributed by atoms with Crippen LogP contribution in [0.3, 0.4) is 0 Å². The van der Waals surface area contributed by atoms with Crippen LogP contribution >= 0.6 is 11.3 Å². The van der Waals surface area contributed by atoms with Crippen molar-refractivity contribution in [2.45, 2.75) is 19.8 Å². The Balaban J connectivity index is 1.66. The van der Waals surface area contributed by atoms with Gasteiger partial charge in [-0.25, -0.2) is 4.98 Å². The van der Waals surface area contributed by atoms with Crippen molar-refractivity contribution in [1.29, 1.82) is 0 Å². The van der Waals surface area contributed by atoms with Gasteiger partial charge >= 0.3 is 0 Å². The minimum absolute atomic E-state index is 0.108. The molecule has 0 aliphatic heterocycles. The predicted molar refractivity (Wildman–Crippen MR) is 122 cm³/mol. The van der Waals surface area contributed by atoms with Crippen LogP contribution in [0.1, 0.15) is 16.9 Å². The van der Waals surface area contributed by atoms with Crippen molar-refractivity contribution in [3.63, 3.8) is 0 Å². The highest BCUT2D eigenvalue weighted by atomic mass is 32.1. The Labute approximate surface area is 185 Å². The molecule has 31 heavy (non-hydrogen) atoms. The lowest BCUT2D eigenvalue weighted by Gasteiger charge is -2.14. The van der Waals surface area contributed by atoms with Crippen LogP contribution in [0.2, 0.25) is 0 Å².